The van der Waals surface area contributed by atoms with Crippen LogP contribution in [0, 0.1) is 5.82 Å². The molecule has 1 fully saturated rings. The summed E-state index contributed by atoms with van der Waals surface area (Å²) >= 11 is 0. The number of ether oxygens (including phenoxy) is 1. The molecule has 0 bridgehead atoms. The summed E-state index contributed by atoms with van der Waals surface area (Å²) in [5.74, 6) is -3.71. The average Bonchev–Trinajstić information content (AvgIpc) is 3.65. The van der Waals surface area contributed by atoms with Gasteiger partial charge in [-0.2, -0.15) is 18.3 Å². The summed E-state index contributed by atoms with van der Waals surface area (Å²) in [6, 6.07) is 15.7. The number of halogens is 4. The van der Waals surface area contributed by atoms with Gasteiger partial charge >= 0.3 is 12.1 Å². The molecular formula is C35H31F4N5O5. The lowest BCUT2D eigenvalue weighted by molar-refractivity contribution is -0.149. The molecule has 1 saturated heterocycles. The number of amides is 3. The lowest BCUT2D eigenvalue weighted by Gasteiger charge is -2.38. The Morgan fingerprint density at radius 1 is 1.00 bits per heavy atom. The zero-order valence-corrected chi connectivity index (χ0v) is 26.4. The van der Waals surface area contributed by atoms with Crippen LogP contribution in [0.25, 0.3) is 5.69 Å². The topological polar surface area (TPSA) is 114 Å². The zero-order valence-electron chi connectivity index (χ0n) is 26.4. The van der Waals surface area contributed by atoms with Crippen molar-refractivity contribution in [2.24, 2.45) is 0 Å². The van der Waals surface area contributed by atoms with Crippen LogP contribution in [0.5, 0.6) is 0 Å². The Hall–Kier alpha value is -5.53. The molecule has 0 radical (unpaired) electrons. The SMILES string of the molecule is CCN1C(=O)[C@@H](NC(=O)c2cccc(C(F)(F)F)c2)[C@@H](c2ccc(F)cc2)c2c(CN3C(=O)CC[C@H]3C(=O)OC)nn(-c3ccccc3)c21. The van der Waals surface area contributed by atoms with E-state index in [0.29, 0.717) is 34.4 Å². The Balaban J connectivity index is 1.55. The molecule has 3 aromatic carbocycles. The number of alkyl halides is 3. The summed E-state index contributed by atoms with van der Waals surface area (Å²) < 4.78 is 61.3. The van der Waals surface area contributed by atoms with E-state index in [4.69, 9.17) is 9.84 Å². The number of likely N-dealkylation sites (tertiary alicyclic amines) is 1. The molecular weight excluding hydrogens is 646 g/mol. The van der Waals surface area contributed by atoms with Gasteiger partial charge in [-0.15, -0.1) is 0 Å². The number of carbonyl (C=O) groups is 4. The van der Waals surface area contributed by atoms with E-state index in [1.165, 1.54) is 47.2 Å². The fourth-order valence-electron chi connectivity index (χ4n) is 6.51. The van der Waals surface area contributed by atoms with Crippen LogP contribution < -0.4 is 10.2 Å². The maximum atomic E-state index is 14.4. The Morgan fingerprint density at radius 2 is 1.71 bits per heavy atom. The number of benzene rings is 3. The molecule has 1 aromatic heterocycles. The average molecular weight is 678 g/mol. The van der Waals surface area contributed by atoms with Crippen molar-refractivity contribution in [3.8, 4) is 5.69 Å². The molecule has 0 aliphatic carbocycles. The molecule has 1 N–H and O–H groups in total. The van der Waals surface area contributed by atoms with E-state index in [-0.39, 0.29) is 37.4 Å². The van der Waals surface area contributed by atoms with Crippen LogP contribution in [0.15, 0.2) is 78.9 Å². The van der Waals surface area contributed by atoms with Gasteiger partial charge in [0.15, 0.2) is 0 Å². The third-order valence-corrected chi connectivity index (χ3v) is 8.81. The number of aromatic nitrogens is 2. The van der Waals surface area contributed by atoms with E-state index in [1.54, 1.807) is 41.9 Å². The molecule has 2 aliphatic heterocycles. The summed E-state index contributed by atoms with van der Waals surface area (Å²) in [5.41, 5.74) is 0.309. The van der Waals surface area contributed by atoms with Crippen LogP contribution in [0.2, 0.25) is 0 Å². The van der Waals surface area contributed by atoms with Gasteiger partial charge in [-0.1, -0.05) is 36.4 Å². The van der Waals surface area contributed by atoms with Crippen LogP contribution in [0.4, 0.5) is 23.4 Å². The van der Waals surface area contributed by atoms with Crippen molar-refractivity contribution in [1.82, 2.24) is 20.0 Å². The van der Waals surface area contributed by atoms with E-state index in [1.807, 2.05) is 0 Å². The summed E-state index contributed by atoms with van der Waals surface area (Å²) in [7, 11) is 1.22. The van der Waals surface area contributed by atoms with Gasteiger partial charge in [0.1, 0.15) is 23.7 Å². The molecule has 3 amide bonds. The van der Waals surface area contributed by atoms with Crippen molar-refractivity contribution < 1.29 is 41.5 Å². The number of likely N-dealkylation sites (N-methyl/N-ethyl adjacent to an activating group) is 1. The predicted molar refractivity (Wildman–Crippen MR) is 168 cm³/mol. The molecule has 2 aliphatic rings. The highest BCUT2D eigenvalue weighted by Crippen LogP contribution is 2.44. The molecule has 4 aromatic rings. The first-order chi connectivity index (χ1) is 23.4. The minimum atomic E-state index is -4.71. The maximum Gasteiger partial charge on any atom is 0.416 e. The number of anilines is 1. The number of nitrogens with one attached hydrogen (secondary N) is 1. The zero-order chi connectivity index (χ0) is 35.0. The third kappa shape index (κ3) is 6.25. The number of hydrogen-bond acceptors (Lipinski definition) is 6. The van der Waals surface area contributed by atoms with Crippen LogP contribution >= 0.6 is 0 Å². The lowest BCUT2D eigenvalue weighted by atomic mass is 9.80. The van der Waals surface area contributed by atoms with Gasteiger partial charge in [-0.25, -0.2) is 13.9 Å². The number of fused-ring (bicyclic) bond motifs is 1. The summed E-state index contributed by atoms with van der Waals surface area (Å²) in [6.45, 7) is 1.65. The maximum absolute atomic E-state index is 14.4. The molecule has 0 unspecified atom stereocenters. The van der Waals surface area contributed by atoms with Crippen molar-refractivity contribution in [3.63, 3.8) is 0 Å². The molecule has 49 heavy (non-hydrogen) atoms. The quantitative estimate of drug-likeness (QED) is 0.208. The minimum absolute atomic E-state index is 0.0952. The molecule has 10 nitrogen and oxygen atoms in total. The van der Waals surface area contributed by atoms with Crippen molar-refractivity contribution in [2.45, 2.75) is 50.5 Å². The Morgan fingerprint density at radius 3 is 2.37 bits per heavy atom. The standard InChI is InChI=1S/C35H31F4N5O5/c1-3-42-32-29(25(41-44(32)24-10-5-4-6-11-24)19-43-26(34(48)49-2)16-17-27(43)45)28(20-12-14-23(36)15-13-20)30(33(42)47)40-31(46)21-8-7-9-22(18-21)35(37,38)39/h4-15,18,26,28,30H,3,16-17,19H2,1-2H3,(H,40,46)/t26-,28-,30-/m0/s1. The van der Waals surface area contributed by atoms with E-state index in [0.717, 1.165) is 12.1 Å². The van der Waals surface area contributed by atoms with Gasteiger partial charge in [0.05, 0.1) is 30.6 Å². The Bertz CT molecular complexity index is 1910. The van der Waals surface area contributed by atoms with E-state index in [9.17, 15) is 36.7 Å². The lowest BCUT2D eigenvalue weighted by Crippen LogP contribution is -2.55. The second-order valence-electron chi connectivity index (χ2n) is 11.7. The number of esters is 1. The highest BCUT2D eigenvalue weighted by Gasteiger charge is 2.47. The Labute approximate surface area is 278 Å². The second kappa shape index (κ2) is 13.2. The minimum Gasteiger partial charge on any atom is -0.467 e. The molecule has 6 rings (SSSR count). The number of methoxy groups -OCH3 is 1. The molecule has 3 heterocycles. The first-order valence-electron chi connectivity index (χ1n) is 15.5. The van der Waals surface area contributed by atoms with Gasteiger partial charge in [0, 0.05) is 30.0 Å². The normalized spacial score (nSPS) is 19.2. The number of nitrogens with zero attached hydrogens (tertiary/aromatic N) is 4. The Kier molecular flexibility index (Phi) is 8.97. The van der Waals surface area contributed by atoms with Gasteiger partial charge < -0.3 is 15.0 Å². The molecule has 14 heteroatoms. The summed E-state index contributed by atoms with van der Waals surface area (Å²) in [6.07, 6.45) is -4.39. The molecule has 0 saturated carbocycles. The van der Waals surface area contributed by atoms with Gasteiger partial charge in [-0.3, -0.25) is 19.3 Å². The highest BCUT2D eigenvalue weighted by molar-refractivity contribution is 6.05. The molecule has 254 valence electrons. The van der Waals surface area contributed by atoms with E-state index in [2.05, 4.69) is 5.32 Å². The first kappa shape index (κ1) is 33.4. The predicted octanol–water partition coefficient (Wildman–Crippen LogP) is 4.99. The fraction of sp³-hybridized carbons (Fsp3) is 0.286. The van der Waals surface area contributed by atoms with Crippen LogP contribution in [0.1, 0.15) is 58.4 Å². The summed E-state index contributed by atoms with van der Waals surface area (Å²) in [5, 5.41) is 7.54. The largest absolute Gasteiger partial charge is 0.467 e. The summed E-state index contributed by atoms with van der Waals surface area (Å²) in [4.78, 5) is 56.6. The number of carbonyl (C=O) groups excluding carboxylic acids is 4. The van der Waals surface area contributed by atoms with Crippen LogP contribution in [-0.4, -0.2) is 64.1 Å². The van der Waals surface area contributed by atoms with Crippen molar-refractivity contribution in [2.75, 3.05) is 18.6 Å². The number of rotatable bonds is 8. The van der Waals surface area contributed by atoms with Crippen molar-refractivity contribution >= 4 is 29.5 Å². The number of hydrogen-bond donors (Lipinski definition) is 1. The highest BCUT2D eigenvalue weighted by atomic mass is 19.4. The molecule has 0 spiro atoms. The monoisotopic (exact) mass is 677 g/mol. The van der Waals surface area contributed by atoms with Gasteiger partial charge in [0.2, 0.25) is 5.91 Å². The van der Waals surface area contributed by atoms with Crippen molar-refractivity contribution in [1.29, 1.82) is 0 Å². The fourth-order valence-corrected chi connectivity index (χ4v) is 6.51. The van der Waals surface area contributed by atoms with Crippen molar-refractivity contribution in [3.05, 3.63) is 113 Å². The van der Waals surface area contributed by atoms with Crippen LogP contribution in [-0.2, 0) is 31.8 Å². The smallest absolute Gasteiger partial charge is 0.416 e. The second-order valence-corrected chi connectivity index (χ2v) is 11.7. The van der Waals surface area contributed by atoms with Crippen LogP contribution in [0.3, 0.4) is 0 Å². The van der Waals surface area contributed by atoms with Gasteiger partial charge in [0.25, 0.3) is 11.8 Å². The van der Waals surface area contributed by atoms with E-state index < -0.39 is 53.3 Å². The first-order valence-corrected chi connectivity index (χ1v) is 15.5. The molecule has 3 atom stereocenters. The number of para-hydroxylation sites is 1. The van der Waals surface area contributed by atoms with E-state index >= 15 is 0 Å². The van der Waals surface area contributed by atoms with Gasteiger partial charge in [-0.05, 0) is 61.4 Å². The third-order valence-electron chi connectivity index (χ3n) is 8.81.